The van der Waals surface area contributed by atoms with Crippen LogP contribution in [0.3, 0.4) is 0 Å². The summed E-state index contributed by atoms with van der Waals surface area (Å²) < 4.78 is 2.08. The highest BCUT2D eigenvalue weighted by molar-refractivity contribution is 7.99. The summed E-state index contributed by atoms with van der Waals surface area (Å²) in [5.41, 5.74) is 1.43. The van der Waals surface area contributed by atoms with Gasteiger partial charge in [0.05, 0.1) is 0 Å². The summed E-state index contributed by atoms with van der Waals surface area (Å²) in [5, 5.41) is 1.13. The molecular weight excluding hydrogens is 228 g/mol. The van der Waals surface area contributed by atoms with Crippen molar-refractivity contribution in [3.63, 3.8) is 0 Å². The molecule has 1 aromatic rings. The Bertz CT molecular complexity index is 351. The first-order valence-electron chi connectivity index (χ1n) is 6.33. The molecule has 0 bridgehead atoms. The normalized spacial score (nSPS) is 12.5. The Kier molecular flexibility index (Phi) is 6.41. The molecule has 17 heavy (non-hydrogen) atoms. The van der Waals surface area contributed by atoms with E-state index in [1.807, 2.05) is 31.2 Å². The van der Waals surface area contributed by atoms with Crippen molar-refractivity contribution in [1.82, 2.24) is 9.55 Å². The summed E-state index contributed by atoms with van der Waals surface area (Å²) >= 11 is 1.86. The first-order chi connectivity index (χ1) is 8.09. The van der Waals surface area contributed by atoms with Gasteiger partial charge in [-0.05, 0) is 39.0 Å². The third-order valence-electron chi connectivity index (χ3n) is 2.83. The van der Waals surface area contributed by atoms with Gasteiger partial charge in [-0.25, -0.2) is 4.98 Å². The van der Waals surface area contributed by atoms with Gasteiger partial charge in [-0.2, -0.15) is 0 Å². The second-order valence-corrected chi connectivity index (χ2v) is 5.98. The smallest absolute Gasteiger partial charge is 0.167 e. The average molecular weight is 252 g/mol. The fraction of sp³-hybridized carbons (Fsp3) is 0.643. The second kappa shape index (κ2) is 7.59. The largest absolute Gasteiger partial charge is 0.329 e. The van der Waals surface area contributed by atoms with E-state index in [2.05, 4.69) is 36.4 Å². The van der Waals surface area contributed by atoms with Crippen molar-refractivity contribution in [2.45, 2.75) is 45.2 Å². The number of thioether (sulfide) groups is 1. The van der Waals surface area contributed by atoms with Crippen LogP contribution in [0.5, 0.6) is 0 Å². The van der Waals surface area contributed by atoms with E-state index in [9.17, 15) is 0 Å². The van der Waals surface area contributed by atoms with Crippen molar-refractivity contribution in [2.24, 2.45) is 13.0 Å². The lowest BCUT2D eigenvalue weighted by Crippen LogP contribution is -1.97. The lowest BCUT2D eigenvalue weighted by Gasteiger charge is -2.09. The predicted octanol–water partition coefficient (Wildman–Crippen LogP) is 4.28. The summed E-state index contributed by atoms with van der Waals surface area (Å²) in [6, 6.07) is 0. The third kappa shape index (κ3) is 5.97. The highest BCUT2D eigenvalue weighted by atomic mass is 32.2. The highest BCUT2D eigenvalue weighted by Gasteiger charge is 2.04. The van der Waals surface area contributed by atoms with Gasteiger partial charge in [-0.3, -0.25) is 0 Å². The maximum atomic E-state index is 4.31. The molecule has 96 valence electrons. The van der Waals surface area contributed by atoms with E-state index < -0.39 is 0 Å². The van der Waals surface area contributed by atoms with E-state index >= 15 is 0 Å². The minimum absolute atomic E-state index is 0.804. The van der Waals surface area contributed by atoms with Crippen molar-refractivity contribution < 1.29 is 0 Å². The van der Waals surface area contributed by atoms with Gasteiger partial charge in [-0.1, -0.05) is 30.3 Å². The van der Waals surface area contributed by atoms with Gasteiger partial charge >= 0.3 is 0 Å². The number of hydrogen-bond donors (Lipinski definition) is 0. The highest BCUT2D eigenvalue weighted by Crippen LogP contribution is 2.20. The number of hydrogen-bond acceptors (Lipinski definition) is 2. The summed E-state index contributed by atoms with van der Waals surface area (Å²) in [7, 11) is 2.05. The van der Waals surface area contributed by atoms with E-state index in [4.69, 9.17) is 0 Å². The molecular formula is C14H24N2S. The van der Waals surface area contributed by atoms with Gasteiger partial charge in [-0.15, -0.1) is 0 Å². The van der Waals surface area contributed by atoms with E-state index in [0.717, 1.165) is 11.1 Å². The molecule has 1 atom stereocenters. The molecule has 1 unspecified atom stereocenters. The lowest BCUT2D eigenvalue weighted by molar-refractivity contribution is 0.525. The Balaban J connectivity index is 2.14. The fourth-order valence-electron chi connectivity index (χ4n) is 1.64. The topological polar surface area (TPSA) is 17.8 Å². The van der Waals surface area contributed by atoms with Gasteiger partial charge < -0.3 is 4.57 Å². The monoisotopic (exact) mass is 252 g/mol. The van der Waals surface area contributed by atoms with E-state index in [-0.39, 0.29) is 0 Å². The molecule has 0 saturated heterocycles. The number of rotatable bonds is 7. The zero-order valence-electron chi connectivity index (χ0n) is 11.4. The molecule has 0 aliphatic heterocycles. The Hall–Kier alpha value is -0.700. The molecule has 0 radical (unpaired) electrons. The summed E-state index contributed by atoms with van der Waals surface area (Å²) in [6.07, 6.45) is 9.99. The van der Waals surface area contributed by atoms with Gasteiger partial charge in [0.1, 0.15) is 0 Å². The molecule has 0 amide bonds. The first-order valence-corrected chi connectivity index (χ1v) is 7.31. The number of aromatic nitrogens is 2. The van der Waals surface area contributed by atoms with Gasteiger partial charge in [0.25, 0.3) is 0 Å². The Morgan fingerprint density at radius 2 is 2.24 bits per heavy atom. The molecule has 1 heterocycles. The van der Waals surface area contributed by atoms with Crippen LogP contribution in [0.2, 0.25) is 0 Å². The van der Waals surface area contributed by atoms with Crippen molar-refractivity contribution in [1.29, 1.82) is 0 Å². The molecule has 0 fully saturated rings. The number of allylic oxidation sites excluding steroid dienone is 2. The standard InChI is InChI=1S/C14H24N2S/c1-12(2)6-5-7-13(3)8-11-17-14-15-9-10-16(14)4/h6,9-10,13H,5,7-8,11H2,1-4H3. The van der Waals surface area contributed by atoms with Crippen molar-refractivity contribution in [3.8, 4) is 0 Å². The minimum Gasteiger partial charge on any atom is -0.329 e. The lowest BCUT2D eigenvalue weighted by atomic mass is 10.0. The van der Waals surface area contributed by atoms with Crippen molar-refractivity contribution in [3.05, 3.63) is 24.0 Å². The van der Waals surface area contributed by atoms with Crippen LogP contribution in [-0.2, 0) is 7.05 Å². The Morgan fingerprint density at radius 3 is 2.82 bits per heavy atom. The third-order valence-corrected chi connectivity index (χ3v) is 3.92. The van der Waals surface area contributed by atoms with Crippen LogP contribution in [0.4, 0.5) is 0 Å². The van der Waals surface area contributed by atoms with E-state index in [1.165, 1.54) is 30.6 Å². The quantitative estimate of drug-likeness (QED) is 0.532. The molecule has 0 saturated carbocycles. The van der Waals surface area contributed by atoms with Crippen molar-refractivity contribution >= 4 is 11.8 Å². The van der Waals surface area contributed by atoms with Gasteiger partial charge in [0.15, 0.2) is 5.16 Å². The predicted molar refractivity (Wildman–Crippen MR) is 76.4 cm³/mol. The molecule has 2 nitrogen and oxygen atoms in total. The summed E-state index contributed by atoms with van der Waals surface area (Å²) in [4.78, 5) is 4.31. The van der Waals surface area contributed by atoms with Crippen molar-refractivity contribution in [2.75, 3.05) is 5.75 Å². The number of imidazole rings is 1. The van der Waals surface area contributed by atoms with Crippen LogP contribution < -0.4 is 0 Å². The molecule has 3 heteroatoms. The molecule has 1 rings (SSSR count). The van der Waals surface area contributed by atoms with E-state index in [0.29, 0.717) is 0 Å². The molecule has 0 spiro atoms. The Morgan fingerprint density at radius 1 is 1.47 bits per heavy atom. The molecule has 0 aliphatic carbocycles. The fourth-order valence-corrected chi connectivity index (χ4v) is 2.75. The second-order valence-electron chi connectivity index (χ2n) is 4.92. The Labute approximate surface area is 110 Å². The summed E-state index contributed by atoms with van der Waals surface area (Å²) in [5.74, 6) is 1.97. The van der Waals surface area contributed by atoms with Gasteiger partial charge in [0.2, 0.25) is 0 Å². The van der Waals surface area contributed by atoms with Gasteiger partial charge in [0, 0.05) is 25.2 Å². The minimum atomic E-state index is 0.804. The summed E-state index contributed by atoms with van der Waals surface area (Å²) in [6.45, 7) is 6.68. The SMILES string of the molecule is CC(C)=CCCC(C)CCSc1nccn1C. The van der Waals surface area contributed by atoms with Crippen LogP contribution in [-0.4, -0.2) is 15.3 Å². The number of aryl methyl sites for hydroxylation is 1. The zero-order chi connectivity index (χ0) is 12.7. The average Bonchev–Trinajstić information content (AvgIpc) is 2.64. The van der Waals surface area contributed by atoms with E-state index in [1.54, 1.807) is 0 Å². The first kappa shape index (κ1) is 14.4. The maximum Gasteiger partial charge on any atom is 0.167 e. The number of nitrogens with zero attached hydrogens (tertiary/aromatic N) is 2. The van der Waals surface area contributed by atoms with Crippen LogP contribution in [0.15, 0.2) is 29.2 Å². The van der Waals surface area contributed by atoms with Crippen LogP contribution >= 0.6 is 11.8 Å². The van der Waals surface area contributed by atoms with Crippen LogP contribution in [0.1, 0.15) is 40.0 Å². The maximum absolute atomic E-state index is 4.31. The molecule has 1 aromatic heterocycles. The van der Waals surface area contributed by atoms with Crippen LogP contribution in [0.25, 0.3) is 0 Å². The molecule has 0 aliphatic rings. The molecule has 0 aromatic carbocycles. The zero-order valence-corrected chi connectivity index (χ0v) is 12.3. The molecule has 0 N–H and O–H groups in total. The van der Waals surface area contributed by atoms with Crippen LogP contribution in [0, 0.1) is 5.92 Å².